The first-order valence-corrected chi connectivity index (χ1v) is 7.43. The fraction of sp³-hybridized carbons (Fsp3) is 0.769. The maximum absolute atomic E-state index is 4.65. The highest BCUT2D eigenvalue weighted by atomic mass is 32.1. The summed E-state index contributed by atoms with van der Waals surface area (Å²) < 4.78 is 0. The van der Waals surface area contributed by atoms with E-state index in [0.717, 1.165) is 19.6 Å². The summed E-state index contributed by atoms with van der Waals surface area (Å²) in [6, 6.07) is 0.675. The highest BCUT2D eigenvalue weighted by Crippen LogP contribution is 2.14. The molecule has 1 rings (SSSR count). The average molecular weight is 255 g/mol. The van der Waals surface area contributed by atoms with Crippen molar-refractivity contribution in [1.82, 2.24) is 15.2 Å². The number of thiazole rings is 1. The summed E-state index contributed by atoms with van der Waals surface area (Å²) in [5.74, 6) is 0. The van der Waals surface area contributed by atoms with Crippen LogP contribution in [-0.4, -0.2) is 29.5 Å². The molecule has 0 fully saturated rings. The molecule has 0 unspecified atom stereocenters. The van der Waals surface area contributed by atoms with Gasteiger partial charge in [0.05, 0.1) is 5.69 Å². The minimum Gasteiger partial charge on any atom is -0.311 e. The van der Waals surface area contributed by atoms with Crippen molar-refractivity contribution in [3.63, 3.8) is 0 Å². The second-order valence-corrected chi connectivity index (χ2v) is 5.34. The van der Waals surface area contributed by atoms with Crippen molar-refractivity contribution >= 4 is 11.3 Å². The van der Waals surface area contributed by atoms with Gasteiger partial charge in [0.25, 0.3) is 0 Å². The highest BCUT2D eigenvalue weighted by Gasteiger charge is 2.12. The third-order valence-electron chi connectivity index (χ3n) is 3.10. The third kappa shape index (κ3) is 4.74. The number of nitrogens with zero attached hydrogens (tertiary/aromatic N) is 2. The van der Waals surface area contributed by atoms with E-state index in [9.17, 15) is 0 Å². The van der Waals surface area contributed by atoms with Crippen molar-refractivity contribution in [3.8, 4) is 0 Å². The Bertz CT molecular complexity index is 307. The molecule has 0 aliphatic rings. The van der Waals surface area contributed by atoms with Crippen LogP contribution in [-0.2, 0) is 13.1 Å². The Balaban J connectivity index is 2.47. The van der Waals surface area contributed by atoms with Crippen LogP contribution in [0.4, 0.5) is 0 Å². The molecule has 1 aromatic rings. The Kier molecular flexibility index (Phi) is 6.70. The highest BCUT2D eigenvalue weighted by molar-refractivity contribution is 7.09. The molecule has 4 heteroatoms. The van der Waals surface area contributed by atoms with E-state index in [1.807, 2.05) is 0 Å². The topological polar surface area (TPSA) is 28.2 Å². The zero-order valence-electron chi connectivity index (χ0n) is 11.5. The van der Waals surface area contributed by atoms with Gasteiger partial charge in [-0.25, -0.2) is 4.98 Å². The second-order valence-electron chi connectivity index (χ2n) is 4.40. The van der Waals surface area contributed by atoms with E-state index in [1.165, 1.54) is 23.5 Å². The van der Waals surface area contributed by atoms with E-state index in [2.05, 4.69) is 48.4 Å². The molecule has 17 heavy (non-hydrogen) atoms. The molecule has 1 N–H and O–H groups in total. The molecule has 0 spiro atoms. The fourth-order valence-electron chi connectivity index (χ4n) is 2.03. The van der Waals surface area contributed by atoms with Gasteiger partial charge in [-0.15, -0.1) is 11.3 Å². The number of nitrogens with one attached hydrogen (secondary N) is 1. The monoisotopic (exact) mass is 255 g/mol. The fourth-order valence-corrected chi connectivity index (χ4v) is 2.79. The smallest absolute Gasteiger partial charge is 0.107 e. The van der Waals surface area contributed by atoms with Gasteiger partial charge in [-0.1, -0.05) is 20.8 Å². The van der Waals surface area contributed by atoms with Crippen LogP contribution in [0.25, 0.3) is 0 Å². The van der Waals surface area contributed by atoms with Gasteiger partial charge in [0.1, 0.15) is 5.01 Å². The van der Waals surface area contributed by atoms with Crippen LogP contribution in [0.15, 0.2) is 5.38 Å². The quantitative estimate of drug-likeness (QED) is 0.774. The van der Waals surface area contributed by atoms with Crippen LogP contribution >= 0.6 is 11.3 Å². The van der Waals surface area contributed by atoms with E-state index in [4.69, 9.17) is 0 Å². The van der Waals surface area contributed by atoms with Gasteiger partial charge >= 0.3 is 0 Å². The van der Waals surface area contributed by atoms with Crippen molar-refractivity contribution in [3.05, 3.63) is 16.1 Å². The molecule has 98 valence electrons. The van der Waals surface area contributed by atoms with E-state index in [1.54, 1.807) is 11.3 Å². The van der Waals surface area contributed by atoms with Crippen LogP contribution in [0, 0.1) is 0 Å². The van der Waals surface area contributed by atoms with Crippen molar-refractivity contribution in [2.45, 2.75) is 52.7 Å². The molecule has 0 amide bonds. The van der Waals surface area contributed by atoms with Gasteiger partial charge in [-0.2, -0.15) is 0 Å². The summed E-state index contributed by atoms with van der Waals surface area (Å²) >= 11 is 1.76. The Labute approximate surface area is 109 Å². The standard InChI is InChI=1S/C13H25N3S/c1-5-12(6-2)16(4)9-11-10-17-13(15-11)8-14-7-3/h10,12,14H,5-9H2,1-4H3. The first kappa shape index (κ1) is 14.6. The van der Waals surface area contributed by atoms with Crippen LogP contribution in [0.5, 0.6) is 0 Å². The van der Waals surface area contributed by atoms with Crippen LogP contribution in [0.1, 0.15) is 44.3 Å². The lowest BCUT2D eigenvalue weighted by atomic mass is 10.1. The van der Waals surface area contributed by atoms with Crippen LogP contribution in [0.3, 0.4) is 0 Å². The molecule has 1 aromatic heterocycles. The molecule has 0 aliphatic carbocycles. The van der Waals surface area contributed by atoms with Crippen LogP contribution < -0.4 is 5.32 Å². The minimum absolute atomic E-state index is 0.675. The largest absolute Gasteiger partial charge is 0.311 e. The van der Waals surface area contributed by atoms with Gasteiger partial charge in [0.15, 0.2) is 0 Å². The summed E-state index contributed by atoms with van der Waals surface area (Å²) in [6.07, 6.45) is 2.42. The first-order chi connectivity index (χ1) is 8.21. The normalized spacial score (nSPS) is 11.6. The maximum Gasteiger partial charge on any atom is 0.107 e. The van der Waals surface area contributed by atoms with Gasteiger partial charge in [-0.3, -0.25) is 4.90 Å². The van der Waals surface area contributed by atoms with Crippen molar-refractivity contribution in [2.75, 3.05) is 13.6 Å². The summed E-state index contributed by atoms with van der Waals surface area (Å²) in [5, 5.41) is 6.69. The predicted octanol–water partition coefficient (Wildman–Crippen LogP) is 2.87. The molecule has 0 saturated heterocycles. The molecule has 3 nitrogen and oxygen atoms in total. The van der Waals surface area contributed by atoms with E-state index < -0.39 is 0 Å². The zero-order valence-corrected chi connectivity index (χ0v) is 12.3. The number of aromatic nitrogens is 1. The van der Waals surface area contributed by atoms with E-state index in [-0.39, 0.29) is 0 Å². The lowest BCUT2D eigenvalue weighted by Crippen LogP contribution is -2.30. The predicted molar refractivity (Wildman–Crippen MR) is 75.3 cm³/mol. The zero-order chi connectivity index (χ0) is 12.7. The first-order valence-electron chi connectivity index (χ1n) is 6.55. The number of rotatable bonds is 8. The molecular formula is C13H25N3S. The molecule has 0 radical (unpaired) electrons. The molecule has 0 aliphatic heterocycles. The molecule has 0 saturated carbocycles. The van der Waals surface area contributed by atoms with Crippen molar-refractivity contribution < 1.29 is 0 Å². The van der Waals surface area contributed by atoms with Crippen molar-refractivity contribution in [1.29, 1.82) is 0 Å². The van der Waals surface area contributed by atoms with Gasteiger partial charge in [-0.05, 0) is 26.4 Å². The lowest BCUT2D eigenvalue weighted by Gasteiger charge is -2.25. The van der Waals surface area contributed by atoms with Gasteiger partial charge in [0.2, 0.25) is 0 Å². The molecule has 1 heterocycles. The summed E-state index contributed by atoms with van der Waals surface area (Å²) in [6.45, 7) is 9.49. The van der Waals surface area contributed by atoms with Crippen LogP contribution in [0.2, 0.25) is 0 Å². The average Bonchev–Trinajstić information content (AvgIpc) is 2.75. The Morgan fingerprint density at radius 3 is 2.65 bits per heavy atom. The molecular weight excluding hydrogens is 230 g/mol. The lowest BCUT2D eigenvalue weighted by molar-refractivity contribution is 0.219. The number of hydrogen-bond donors (Lipinski definition) is 1. The maximum atomic E-state index is 4.65. The van der Waals surface area contributed by atoms with Gasteiger partial charge in [0, 0.05) is 24.5 Å². The second kappa shape index (κ2) is 7.80. The summed E-state index contributed by atoms with van der Waals surface area (Å²) in [5.41, 5.74) is 1.21. The molecule has 0 aromatic carbocycles. The van der Waals surface area contributed by atoms with E-state index in [0.29, 0.717) is 6.04 Å². The Hall–Kier alpha value is -0.450. The summed E-state index contributed by atoms with van der Waals surface area (Å²) in [7, 11) is 2.20. The molecule has 0 atom stereocenters. The van der Waals surface area contributed by atoms with Crippen molar-refractivity contribution in [2.24, 2.45) is 0 Å². The van der Waals surface area contributed by atoms with Gasteiger partial charge < -0.3 is 5.32 Å². The third-order valence-corrected chi connectivity index (χ3v) is 4.00. The molecule has 0 bridgehead atoms. The number of hydrogen-bond acceptors (Lipinski definition) is 4. The SMILES string of the molecule is CCNCc1nc(CN(C)C(CC)CC)cs1. The Morgan fingerprint density at radius 2 is 2.06 bits per heavy atom. The minimum atomic E-state index is 0.675. The van der Waals surface area contributed by atoms with E-state index >= 15 is 0 Å². The Morgan fingerprint density at radius 1 is 1.35 bits per heavy atom. The summed E-state index contributed by atoms with van der Waals surface area (Å²) in [4.78, 5) is 7.06.